The number of nitrogens with zero attached hydrogens (tertiary/aromatic N) is 2. The Kier molecular flexibility index (Phi) is 5.20. The van der Waals surface area contributed by atoms with Gasteiger partial charge in [-0.15, -0.1) is 0 Å². The fraction of sp³-hybridized carbons (Fsp3) is 0.562. The minimum atomic E-state index is -0.783. The van der Waals surface area contributed by atoms with Gasteiger partial charge in [0.05, 0.1) is 0 Å². The number of nitrogens with one attached hydrogen (secondary N) is 1. The van der Waals surface area contributed by atoms with Gasteiger partial charge in [0.2, 0.25) is 0 Å². The average molecular weight is 291 g/mol. The second-order valence-electron chi connectivity index (χ2n) is 5.69. The number of anilines is 1. The monoisotopic (exact) mass is 291 g/mol. The molecule has 0 radical (unpaired) electrons. The maximum atomic E-state index is 11.1. The van der Waals surface area contributed by atoms with Gasteiger partial charge in [-0.3, -0.25) is 9.69 Å². The van der Waals surface area contributed by atoms with Gasteiger partial charge in [0, 0.05) is 38.4 Å². The van der Waals surface area contributed by atoms with Crippen LogP contribution in [0.3, 0.4) is 0 Å². The summed E-state index contributed by atoms with van der Waals surface area (Å²) in [6, 6.07) is 5.92. The Morgan fingerprint density at radius 3 is 2.52 bits per heavy atom. The van der Waals surface area contributed by atoms with Crippen molar-refractivity contribution >= 4 is 11.7 Å². The van der Waals surface area contributed by atoms with Crippen molar-refractivity contribution in [2.24, 2.45) is 0 Å². The zero-order valence-corrected chi connectivity index (χ0v) is 13.1. The third kappa shape index (κ3) is 3.74. The number of aliphatic carboxylic acids is 1. The summed E-state index contributed by atoms with van der Waals surface area (Å²) in [7, 11) is 1.70. The van der Waals surface area contributed by atoms with Crippen LogP contribution in [0, 0.1) is 13.8 Å². The zero-order valence-electron chi connectivity index (χ0n) is 13.1. The Hall–Kier alpha value is -1.59. The highest BCUT2D eigenvalue weighted by Crippen LogP contribution is 2.23. The van der Waals surface area contributed by atoms with Gasteiger partial charge in [0.25, 0.3) is 0 Å². The summed E-state index contributed by atoms with van der Waals surface area (Å²) in [4.78, 5) is 15.7. The van der Waals surface area contributed by atoms with Gasteiger partial charge in [0.15, 0.2) is 0 Å². The molecule has 5 heteroatoms. The molecule has 0 saturated carbocycles. The van der Waals surface area contributed by atoms with E-state index in [-0.39, 0.29) is 0 Å². The Labute approximate surface area is 126 Å². The minimum absolute atomic E-state index is 0.489. The largest absolute Gasteiger partial charge is 0.480 e. The molecule has 0 aliphatic carbocycles. The molecule has 0 bridgehead atoms. The lowest BCUT2D eigenvalue weighted by Gasteiger charge is -2.37. The van der Waals surface area contributed by atoms with E-state index in [4.69, 9.17) is 5.11 Å². The van der Waals surface area contributed by atoms with Crippen LogP contribution in [0.5, 0.6) is 0 Å². The fourth-order valence-corrected chi connectivity index (χ4v) is 2.80. The van der Waals surface area contributed by atoms with Crippen LogP contribution < -0.4 is 10.2 Å². The second kappa shape index (κ2) is 6.91. The summed E-state index contributed by atoms with van der Waals surface area (Å²) in [6.07, 6.45) is 0. The number of likely N-dealkylation sites (N-methyl/N-ethyl adjacent to an activating group) is 1. The van der Waals surface area contributed by atoms with Gasteiger partial charge in [-0.25, -0.2) is 0 Å². The van der Waals surface area contributed by atoms with Crippen LogP contribution in [0.15, 0.2) is 18.2 Å². The third-order valence-electron chi connectivity index (χ3n) is 4.38. The lowest BCUT2D eigenvalue weighted by atomic mass is 10.1. The van der Waals surface area contributed by atoms with E-state index in [1.54, 1.807) is 7.05 Å². The smallest absolute Gasteiger partial charge is 0.322 e. The molecule has 1 saturated heterocycles. The molecule has 116 valence electrons. The van der Waals surface area contributed by atoms with Gasteiger partial charge >= 0.3 is 5.97 Å². The number of rotatable bonds is 5. The van der Waals surface area contributed by atoms with Crippen LogP contribution in [0.1, 0.15) is 11.1 Å². The molecular weight excluding hydrogens is 266 g/mol. The number of piperazine rings is 1. The molecule has 1 aliphatic heterocycles. The third-order valence-corrected chi connectivity index (χ3v) is 4.38. The predicted octanol–water partition coefficient (Wildman–Crippen LogP) is 1.10. The van der Waals surface area contributed by atoms with E-state index in [0.717, 1.165) is 26.2 Å². The topological polar surface area (TPSA) is 55.8 Å². The molecule has 0 spiro atoms. The van der Waals surface area contributed by atoms with Crippen molar-refractivity contribution in [3.63, 3.8) is 0 Å². The van der Waals surface area contributed by atoms with Crippen molar-refractivity contribution < 1.29 is 9.90 Å². The van der Waals surface area contributed by atoms with E-state index < -0.39 is 12.0 Å². The molecule has 1 unspecified atom stereocenters. The summed E-state index contributed by atoms with van der Waals surface area (Å²) in [5.41, 5.74) is 3.96. The molecule has 0 aromatic heterocycles. The van der Waals surface area contributed by atoms with Crippen molar-refractivity contribution in [2.75, 3.05) is 44.7 Å². The van der Waals surface area contributed by atoms with Crippen LogP contribution in [-0.4, -0.2) is 61.8 Å². The standard InChI is InChI=1S/C16H25N3O2/c1-12-5-4-6-15(13(12)2)19-9-7-18(8-10-19)11-14(17-3)16(20)21/h4-6,14,17H,7-11H2,1-3H3,(H,20,21). The van der Waals surface area contributed by atoms with Crippen LogP contribution in [0.4, 0.5) is 5.69 Å². The Balaban J connectivity index is 1.94. The molecule has 1 heterocycles. The van der Waals surface area contributed by atoms with Crippen LogP contribution in [0.2, 0.25) is 0 Å². The van der Waals surface area contributed by atoms with E-state index in [9.17, 15) is 4.79 Å². The van der Waals surface area contributed by atoms with Gasteiger partial charge in [-0.2, -0.15) is 0 Å². The Bertz CT molecular complexity index is 496. The maximum Gasteiger partial charge on any atom is 0.322 e. The second-order valence-corrected chi connectivity index (χ2v) is 5.69. The van der Waals surface area contributed by atoms with Gasteiger partial charge in [0.1, 0.15) is 6.04 Å². The van der Waals surface area contributed by atoms with E-state index in [1.807, 2.05) is 0 Å². The summed E-state index contributed by atoms with van der Waals surface area (Å²) in [5, 5.41) is 12.0. The van der Waals surface area contributed by atoms with E-state index in [2.05, 4.69) is 47.2 Å². The number of carboxylic acid groups (broad SMARTS) is 1. The normalized spacial score (nSPS) is 17.8. The first-order chi connectivity index (χ1) is 10.0. The molecule has 5 nitrogen and oxygen atoms in total. The molecule has 1 aromatic rings. The highest BCUT2D eigenvalue weighted by atomic mass is 16.4. The van der Waals surface area contributed by atoms with Crippen molar-refractivity contribution in [3.05, 3.63) is 29.3 Å². The molecule has 0 amide bonds. The average Bonchev–Trinajstić information content (AvgIpc) is 2.48. The summed E-state index contributed by atoms with van der Waals surface area (Å²) >= 11 is 0. The molecular formula is C16H25N3O2. The predicted molar refractivity (Wildman–Crippen MR) is 85.1 cm³/mol. The Morgan fingerprint density at radius 2 is 1.95 bits per heavy atom. The number of hydrogen-bond acceptors (Lipinski definition) is 4. The van der Waals surface area contributed by atoms with Gasteiger partial charge < -0.3 is 15.3 Å². The van der Waals surface area contributed by atoms with Crippen LogP contribution in [0.25, 0.3) is 0 Å². The molecule has 21 heavy (non-hydrogen) atoms. The first-order valence-electron chi connectivity index (χ1n) is 7.46. The summed E-state index contributed by atoms with van der Waals surface area (Å²) < 4.78 is 0. The van der Waals surface area contributed by atoms with E-state index in [1.165, 1.54) is 16.8 Å². The molecule has 1 atom stereocenters. The number of hydrogen-bond donors (Lipinski definition) is 2. The van der Waals surface area contributed by atoms with Crippen molar-refractivity contribution in [2.45, 2.75) is 19.9 Å². The van der Waals surface area contributed by atoms with Gasteiger partial charge in [-0.05, 0) is 38.1 Å². The molecule has 2 N–H and O–H groups in total. The molecule has 1 fully saturated rings. The highest BCUT2D eigenvalue weighted by Gasteiger charge is 2.23. The van der Waals surface area contributed by atoms with Crippen LogP contribution in [-0.2, 0) is 4.79 Å². The lowest BCUT2D eigenvalue weighted by Crippen LogP contribution is -2.52. The number of aryl methyl sites for hydroxylation is 1. The number of benzene rings is 1. The zero-order chi connectivity index (χ0) is 15.4. The van der Waals surface area contributed by atoms with E-state index in [0.29, 0.717) is 6.54 Å². The van der Waals surface area contributed by atoms with Crippen LogP contribution >= 0.6 is 0 Å². The van der Waals surface area contributed by atoms with E-state index >= 15 is 0 Å². The Morgan fingerprint density at radius 1 is 1.29 bits per heavy atom. The SMILES string of the molecule is CNC(CN1CCN(c2cccc(C)c2C)CC1)C(=O)O. The first-order valence-corrected chi connectivity index (χ1v) is 7.46. The summed E-state index contributed by atoms with van der Waals surface area (Å²) in [5.74, 6) is -0.783. The first kappa shape index (κ1) is 15.8. The molecule has 1 aliphatic rings. The fourth-order valence-electron chi connectivity index (χ4n) is 2.80. The molecule has 2 rings (SSSR count). The highest BCUT2D eigenvalue weighted by molar-refractivity contribution is 5.73. The van der Waals surface area contributed by atoms with Crippen molar-refractivity contribution in [1.29, 1.82) is 0 Å². The summed E-state index contributed by atoms with van der Waals surface area (Å²) in [6.45, 7) is 8.56. The minimum Gasteiger partial charge on any atom is -0.480 e. The number of carboxylic acids is 1. The number of carbonyl (C=O) groups is 1. The molecule has 1 aromatic carbocycles. The van der Waals surface area contributed by atoms with Crippen molar-refractivity contribution in [3.8, 4) is 0 Å². The van der Waals surface area contributed by atoms with Crippen molar-refractivity contribution in [1.82, 2.24) is 10.2 Å². The quantitative estimate of drug-likeness (QED) is 0.851. The lowest BCUT2D eigenvalue weighted by molar-refractivity contribution is -0.139. The maximum absolute atomic E-state index is 11.1. The van der Waals surface area contributed by atoms with Gasteiger partial charge in [-0.1, -0.05) is 12.1 Å².